The van der Waals surface area contributed by atoms with Gasteiger partial charge in [-0.05, 0) is 18.2 Å². The maximum absolute atomic E-state index is 10.1. The zero-order valence-corrected chi connectivity index (χ0v) is 11.6. The largest absolute Gasteiger partial charge is 0.497 e. The molecule has 3 rings (SSSR count). The molecule has 0 bridgehead atoms. The quantitative estimate of drug-likeness (QED) is 0.889. The molecule has 0 atom stereocenters. The third kappa shape index (κ3) is 2.39. The van der Waals surface area contributed by atoms with Crippen molar-refractivity contribution in [2.24, 2.45) is 4.99 Å². The van der Waals surface area contributed by atoms with Gasteiger partial charge in [-0.2, -0.15) is 0 Å². The van der Waals surface area contributed by atoms with Crippen molar-refractivity contribution < 1.29 is 9.94 Å². The molecule has 21 heavy (non-hydrogen) atoms. The number of anilines is 1. The number of benzodiazepines with no additional fused rings is 1. The smallest absolute Gasteiger partial charge is 0.148 e. The van der Waals surface area contributed by atoms with Crippen LogP contribution in [0, 0.1) is 5.41 Å². The van der Waals surface area contributed by atoms with Gasteiger partial charge in [-0.25, -0.2) is 5.06 Å². The predicted molar refractivity (Wildman–Crippen MR) is 81.9 cm³/mol. The first kappa shape index (κ1) is 13.3. The van der Waals surface area contributed by atoms with E-state index < -0.39 is 0 Å². The van der Waals surface area contributed by atoms with Crippen molar-refractivity contribution in [2.75, 3.05) is 18.7 Å². The number of ether oxygens (including phenoxy) is 1. The summed E-state index contributed by atoms with van der Waals surface area (Å²) in [5.41, 5.74) is 2.95. The van der Waals surface area contributed by atoms with Crippen LogP contribution in [0.5, 0.6) is 5.75 Å². The zero-order chi connectivity index (χ0) is 14.8. The highest BCUT2D eigenvalue weighted by Gasteiger charge is 2.22. The number of nitrogens with zero attached hydrogens (tertiary/aromatic N) is 2. The lowest BCUT2D eigenvalue weighted by molar-refractivity contribution is 0.310. The summed E-state index contributed by atoms with van der Waals surface area (Å²) in [6.07, 6.45) is 0. The van der Waals surface area contributed by atoms with Crippen molar-refractivity contribution in [2.45, 2.75) is 0 Å². The van der Waals surface area contributed by atoms with Crippen molar-refractivity contribution in [3.05, 3.63) is 59.7 Å². The lowest BCUT2D eigenvalue weighted by atomic mass is 10.0. The third-order valence-corrected chi connectivity index (χ3v) is 3.38. The van der Waals surface area contributed by atoms with E-state index in [0.717, 1.165) is 21.9 Å². The summed E-state index contributed by atoms with van der Waals surface area (Å²) >= 11 is 0. The molecule has 106 valence electrons. The Bertz CT molecular complexity index is 711. The van der Waals surface area contributed by atoms with Crippen LogP contribution in [0.1, 0.15) is 11.1 Å². The Labute approximate surface area is 122 Å². The van der Waals surface area contributed by atoms with Crippen LogP contribution in [0.15, 0.2) is 53.5 Å². The Morgan fingerprint density at radius 3 is 2.67 bits per heavy atom. The van der Waals surface area contributed by atoms with Crippen molar-refractivity contribution in [1.82, 2.24) is 0 Å². The van der Waals surface area contributed by atoms with Crippen LogP contribution < -0.4 is 9.80 Å². The van der Waals surface area contributed by atoms with Crippen LogP contribution in [0.3, 0.4) is 0 Å². The minimum atomic E-state index is 0.0346. The van der Waals surface area contributed by atoms with Crippen molar-refractivity contribution >= 4 is 17.2 Å². The molecule has 1 heterocycles. The predicted octanol–water partition coefficient (Wildman–Crippen LogP) is 2.72. The second-order valence-electron chi connectivity index (χ2n) is 4.67. The number of hydrogen-bond donors (Lipinski definition) is 2. The average molecular weight is 281 g/mol. The minimum Gasteiger partial charge on any atom is -0.497 e. The van der Waals surface area contributed by atoms with Crippen molar-refractivity contribution in [3.8, 4) is 5.75 Å². The van der Waals surface area contributed by atoms with E-state index >= 15 is 0 Å². The highest BCUT2D eigenvalue weighted by Crippen LogP contribution is 2.29. The van der Waals surface area contributed by atoms with Gasteiger partial charge in [0.25, 0.3) is 0 Å². The van der Waals surface area contributed by atoms with Crippen LogP contribution in [-0.2, 0) is 0 Å². The SMILES string of the molecule is COc1ccc2c(c1)C(c1ccccc1)=NCC(=N)N2O. The molecule has 0 unspecified atom stereocenters. The van der Waals surface area contributed by atoms with Gasteiger partial charge in [0.1, 0.15) is 11.6 Å². The molecule has 2 aromatic carbocycles. The van der Waals surface area contributed by atoms with Gasteiger partial charge in [-0.1, -0.05) is 30.3 Å². The van der Waals surface area contributed by atoms with Gasteiger partial charge in [0.2, 0.25) is 0 Å². The number of aliphatic imine (C=N–C) groups is 1. The Hall–Kier alpha value is -2.66. The van der Waals surface area contributed by atoms with Gasteiger partial charge in [0, 0.05) is 11.1 Å². The topological polar surface area (TPSA) is 68.9 Å². The molecule has 0 saturated heterocycles. The Balaban J connectivity index is 2.22. The van der Waals surface area contributed by atoms with E-state index in [-0.39, 0.29) is 12.4 Å². The molecule has 5 nitrogen and oxygen atoms in total. The second-order valence-corrected chi connectivity index (χ2v) is 4.67. The zero-order valence-electron chi connectivity index (χ0n) is 11.6. The van der Waals surface area contributed by atoms with Crippen molar-refractivity contribution in [1.29, 1.82) is 5.41 Å². The van der Waals surface area contributed by atoms with Gasteiger partial charge in [-0.3, -0.25) is 15.6 Å². The first-order valence-corrected chi connectivity index (χ1v) is 6.55. The summed E-state index contributed by atoms with van der Waals surface area (Å²) in [6.45, 7) is 0.123. The summed E-state index contributed by atoms with van der Waals surface area (Å²) in [6, 6.07) is 15.0. The van der Waals surface area contributed by atoms with Crippen LogP contribution in [0.25, 0.3) is 0 Å². The normalized spacial score (nSPS) is 14.3. The van der Waals surface area contributed by atoms with Gasteiger partial charge in [0.15, 0.2) is 0 Å². The molecule has 0 spiro atoms. The molecule has 2 N–H and O–H groups in total. The van der Waals surface area contributed by atoms with Crippen LogP contribution in [0.4, 0.5) is 5.69 Å². The molecule has 0 amide bonds. The molecule has 1 aliphatic rings. The third-order valence-electron chi connectivity index (χ3n) is 3.38. The van der Waals surface area contributed by atoms with Gasteiger partial charge in [0.05, 0.1) is 25.1 Å². The summed E-state index contributed by atoms with van der Waals surface area (Å²) in [4.78, 5) is 4.48. The maximum atomic E-state index is 10.1. The number of hydroxylamine groups is 1. The summed E-state index contributed by atoms with van der Waals surface area (Å²) in [7, 11) is 1.59. The lowest BCUT2D eigenvalue weighted by Crippen LogP contribution is -2.27. The molecule has 1 aliphatic heterocycles. The van der Waals surface area contributed by atoms with Gasteiger partial charge < -0.3 is 4.74 Å². The maximum Gasteiger partial charge on any atom is 0.148 e. The molecular weight excluding hydrogens is 266 g/mol. The first-order valence-electron chi connectivity index (χ1n) is 6.55. The standard InChI is InChI=1S/C16H15N3O2/c1-21-12-7-8-14-13(9-12)16(11-5-3-2-4-6-11)18-10-15(17)19(14)20/h2-9,17,20H,10H2,1H3. The molecule has 0 fully saturated rings. The number of fused-ring (bicyclic) bond motifs is 1. The van der Waals surface area contributed by atoms with E-state index in [1.165, 1.54) is 0 Å². The van der Waals surface area contributed by atoms with E-state index in [4.69, 9.17) is 10.1 Å². The highest BCUT2D eigenvalue weighted by atomic mass is 16.5. The molecular formula is C16H15N3O2. The van der Waals surface area contributed by atoms with E-state index in [1.54, 1.807) is 19.2 Å². The number of methoxy groups -OCH3 is 1. The van der Waals surface area contributed by atoms with Crippen LogP contribution in [-0.4, -0.2) is 30.4 Å². The Morgan fingerprint density at radius 2 is 1.95 bits per heavy atom. The highest BCUT2D eigenvalue weighted by molar-refractivity contribution is 6.19. The van der Waals surface area contributed by atoms with Crippen LogP contribution in [0.2, 0.25) is 0 Å². The van der Waals surface area contributed by atoms with Gasteiger partial charge >= 0.3 is 0 Å². The second kappa shape index (κ2) is 5.38. The summed E-state index contributed by atoms with van der Waals surface area (Å²) in [5.74, 6) is 0.714. The number of benzene rings is 2. The summed E-state index contributed by atoms with van der Waals surface area (Å²) in [5, 5.41) is 18.9. The van der Waals surface area contributed by atoms with E-state index in [2.05, 4.69) is 4.99 Å². The Kier molecular flexibility index (Phi) is 3.41. The molecule has 0 saturated carbocycles. The van der Waals surface area contributed by atoms with E-state index in [0.29, 0.717) is 11.4 Å². The molecule has 0 aliphatic carbocycles. The van der Waals surface area contributed by atoms with Crippen LogP contribution >= 0.6 is 0 Å². The fourth-order valence-electron chi connectivity index (χ4n) is 2.31. The summed E-state index contributed by atoms with van der Waals surface area (Å²) < 4.78 is 5.26. The first-order chi connectivity index (χ1) is 10.2. The van der Waals surface area contributed by atoms with E-state index in [9.17, 15) is 5.21 Å². The van der Waals surface area contributed by atoms with Crippen molar-refractivity contribution in [3.63, 3.8) is 0 Å². The number of rotatable bonds is 2. The number of hydrogen-bond acceptors (Lipinski definition) is 4. The minimum absolute atomic E-state index is 0.0346. The fourth-order valence-corrected chi connectivity index (χ4v) is 2.31. The molecule has 5 heteroatoms. The number of nitrogens with one attached hydrogen (secondary N) is 1. The number of amidine groups is 1. The molecule has 0 aromatic heterocycles. The Morgan fingerprint density at radius 1 is 1.19 bits per heavy atom. The average Bonchev–Trinajstić information content (AvgIpc) is 2.66. The monoisotopic (exact) mass is 281 g/mol. The fraction of sp³-hybridized carbons (Fsp3) is 0.125. The van der Waals surface area contributed by atoms with Gasteiger partial charge in [-0.15, -0.1) is 0 Å². The van der Waals surface area contributed by atoms with E-state index in [1.807, 2.05) is 36.4 Å². The lowest BCUT2D eigenvalue weighted by Gasteiger charge is -2.18. The molecule has 0 radical (unpaired) electrons. The molecule has 2 aromatic rings.